The molecule has 0 atom stereocenters. The lowest BCUT2D eigenvalue weighted by molar-refractivity contribution is -0.113. The molecule has 2 amide bonds. The van der Waals surface area contributed by atoms with Gasteiger partial charge in [0.25, 0.3) is 11.8 Å². The predicted octanol–water partition coefficient (Wildman–Crippen LogP) is 6.04. The molecule has 0 aliphatic heterocycles. The summed E-state index contributed by atoms with van der Waals surface area (Å²) in [5.41, 5.74) is 2.25. The summed E-state index contributed by atoms with van der Waals surface area (Å²) >= 11 is 0. The number of ether oxygens (including phenoxy) is 5. The topological polar surface area (TPSA) is 121 Å². The van der Waals surface area contributed by atoms with Crippen molar-refractivity contribution in [3.8, 4) is 28.7 Å². The lowest BCUT2D eigenvalue weighted by Crippen LogP contribution is -2.30. The number of carbonyl (C=O) groups excluding carboxylic acids is 3. The average Bonchev–Trinajstić information content (AvgIpc) is 3.10. The number of hydrogen-bond donors (Lipinski definition) is 2. The van der Waals surface area contributed by atoms with Crippen molar-refractivity contribution in [1.82, 2.24) is 5.32 Å². The van der Waals surface area contributed by atoms with Crippen molar-refractivity contribution in [3.05, 3.63) is 119 Å². The lowest BCUT2D eigenvalue weighted by Gasteiger charge is -2.15. The zero-order valence-corrected chi connectivity index (χ0v) is 26.1. The minimum absolute atomic E-state index is 0.0605. The second-order valence-electron chi connectivity index (χ2n) is 9.64. The van der Waals surface area contributed by atoms with Crippen molar-refractivity contribution >= 4 is 35.4 Å². The van der Waals surface area contributed by atoms with E-state index in [9.17, 15) is 14.4 Å². The van der Waals surface area contributed by atoms with Crippen LogP contribution in [0.4, 0.5) is 5.69 Å². The first-order valence-electron chi connectivity index (χ1n) is 14.0. The molecule has 0 aliphatic carbocycles. The quantitative estimate of drug-likeness (QED) is 0.137. The SMILES string of the molecule is COc1cc(OC)c(OC)cc1/C=C(\NC(=O)c1ccccc1)C(=O)Nc1ccc(C(=O)/C=C/c2cccc(OC)c2OC)cc1. The zero-order chi connectivity index (χ0) is 33.1. The van der Waals surface area contributed by atoms with Crippen molar-refractivity contribution in [2.75, 3.05) is 40.9 Å². The number of rotatable bonds is 13. The molecule has 0 saturated carbocycles. The Balaban J connectivity index is 1.59. The summed E-state index contributed by atoms with van der Waals surface area (Å²) in [5, 5.41) is 5.48. The molecule has 0 saturated heterocycles. The van der Waals surface area contributed by atoms with E-state index in [1.807, 2.05) is 6.07 Å². The number of hydrogen-bond acceptors (Lipinski definition) is 8. The van der Waals surface area contributed by atoms with Gasteiger partial charge in [-0.05, 0) is 66.8 Å². The number of methoxy groups -OCH3 is 5. The van der Waals surface area contributed by atoms with Crippen LogP contribution < -0.4 is 34.3 Å². The Hall–Kier alpha value is -6.03. The zero-order valence-electron chi connectivity index (χ0n) is 26.1. The van der Waals surface area contributed by atoms with Gasteiger partial charge in [-0.2, -0.15) is 0 Å². The van der Waals surface area contributed by atoms with Gasteiger partial charge >= 0.3 is 0 Å². The van der Waals surface area contributed by atoms with E-state index in [0.717, 1.165) is 0 Å². The Labute approximate surface area is 267 Å². The van der Waals surface area contributed by atoms with E-state index in [1.54, 1.807) is 92.0 Å². The standard InChI is InChI=1S/C36H34N2O8/c1-42-30-13-9-12-24(34(30)46-5)16-19-29(39)23-14-17-27(18-15-23)37-36(41)28(38-35(40)25-10-7-6-8-11-25)20-26-21-32(44-3)33(45-4)22-31(26)43-2/h6-22H,1-5H3,(H,37,41)(H,38,40)/b19-16+,28-20-. The Kier molecular flexibility index (Phi) is 11.2. The molecule has 0 bridgehead atoms. The third-order valence-corrected chi connectivity index (χ3v) is 6.84. The molecule has 4 aromatic rings. The molecule has 0 aliphatic rings. The number of ketones is 1. The van der Waals surface area contributed by atoms with Gasteiger partial charge in [0, 0.05) is 34.0 Å². The summed E-state index contributed by atoms with van der Waals surface area (Å²) in [5.74, 6) is 0.951. The molecule has 2 N–H and O–H groups in total. The van der Waals surface area contributed by atoms with Gasteiger partial charge in [0.05, 0.1) is 35.5 Å². The second-order valence-corrected chi connectivity index (χ2v) is 9.64. The number of benzene rings is 4. The Morgan fingerprint density at radius 3 is 1.89 bits per heavy atom. The third-order valence-electron chi connectivity index (χ3n) is 6.84. The maximum Gasteiger partial charge on any atom is 0.272 e. The van der Waals surface area contributed by atoms with E-state index < -0.39 is 11.8 Å². The highest BCUT2D eigenvalue weighted by atomic mass is 16.5. The monoisotopic (exact) mass is 622 g/mol. The van der Waals surface area contributed by atoms with Crippen molar-refractivity contribution in [2.45, 2.75) is 0 Å². The molecule has 236 valence electrons. The molecule has 4 aromatic carbocycles. The summed E-state index contributed by atoms with van der Waals surface area (Å²) in [6.07, 6.45) is 4.56. The fourth-order valence-electron chi connectivity index (χ4n) is 4.48. The van der Waals surface area contributed by atoms with Crippen LogP contribution in [0.3, 0.4) is 0 Å². The molecule has 10 heteroatoms. The van der Waals surface area contributed by atoms with Crippen LogP contribution in [-0.2, 0) is 4.79 Å². The number of anilines is 1. The highest BCUT2D eigenvalue weighted by molar-refractivity contribution is 6.11. The minimum Gasteiger partial charge on any atom is -0.496 e. The minimum atomic E-state index is -0.606. The number of nitrogens with one attached hydrogen (secondary N) is 2. The maximum atomic E-state index is 13.6. The third kappa shape index (κ3) is 7.92. The first-order valence-corrected chi connectivity index (χ1v) is 14.0. The molecule has 46 heavy (non-hydrogen) atoms. The fraction of sp³-hybridized carbons (Fsp3) is 0.139. The molecule has 0 aromatic heterocycles. The molecule has 0 fully saturated rings. The van der Waals surface area contributed by atoms with Crippen LogP contribution in [0.15, 0.2) is 96.7 Å². The molecule has 10 nitrogen and oxygen atoms in total. The first-order chi connectivity index (χ1) is 22.3. The maximum absolute atomic E-state index is 13.6. The summed E-state index contributed by atoms with van der Waals surface area (Å²) in [6.45, 7) is 0. The van der Waals surface area contributed by atoms with Gasteiger partial charge in [-0.15, -0.1) is 0 Å². The Morgan fingerprint density at radius 1 is 0.609 bits per heavy atom. The van der Waals surface area contributed by atoms with Crippen LogP contribution in [0.2, 0.25) is 0 Å². The van der Waals surface area contributed by atoms with Crippen molar-refractivity contribution in [1.29, 1.82) is 0 Å². The highest BCUT2D eigenvalue weighted by Gasteiger charge is 2.18. The number of amides is 2. The van der Waals surface area contributed by atoms with Gasteiger partial charge in [0.15, 0.2) is 28.8 Å². The highest BCUT2D eigenvalue weighted by Crippen LogP contribution is 2.36. The molecule has 0 unspecified atom stereocenters. The first kappa shape index (κ1) is 32.9. The van der Waals surface area contributed by atoms with Crippen molar-refractivity contribution in [2.24, 2.45) is 0 Å². The van der Waals surface area contributed by atoms with Gasteiger partial charge in [0.1, 0.15) is 11.4 Å². The Morgan fingerprint density at radius 2 is 1.26 bits per heavy atom. The second kappa shape index (κ2) is 15.6. The molecule has 0 spiro atoms. The smallest absolute Gasteiger partial charge is 0.272 e. The molecular formula is C36H34N2O8. The summed E-state index contributed by atoms with van der Waals surface area (Å²) in [6, 6.07) is 23.5. The normalized spacial score (nSPS) is 11.0. The van der Waals surface area contributed by atoms with E-state index >= 15 is 0 Å². The molecule has 0 radical (unpaired) electrons. The van der Waals surface area contributed by atoms with Gasteiger partial charge in [-0.3, -0.25) is 14.4 Å². The van der Waals surface area contributed by atoms with E-state index in [1.165, 1.54) is 40.6 Å². The van der Waals surface area contributed by atoms with Crippen LogP contribution in [0.5, 0.6) is 28.7 Å². The number of carbonyl (C=O) groups is 3. The number of allylic oxidation sites excluding steroid dienone is 1. The van der Waals surface area contributed by atoms with E-state index in [4.69, 9.17) is 23.7 Å². The van der Waals surface area contributed by atoms with E-state index in [2.05, 4.69) is 10.6 Å². The van der Waals surface area contributed by atoms with Crippen LogP contribution in [0.1, 0.15) is 31.8 Å². The van der Waals surface area contributed by atoms with Crippen LogP contribution >= 0.6 is 0 Å². The largest absolute Gasteiger partial charge is 0.496 e. The van der Waals surface area contributed by atoms with Crippen LogP contribution in [-0.4, -0.2) is 53.1 Å². The summed E-state index contributed by atoms with van der Waals surface area (Å²) in [7, 11) is 7.54. The van der Waals surface area contributed by atoms with Crippen molar-refractivity contribution in [3.63, 3.8) is 0 Å². The molecular weight excluding hydrogens is 588 g/mol. The Bertz CT molecular complexity index is 1760. The van der Waals surface area contributed by atoms with Gasteiger partial charge < -0.3 is 34.3 Å². The predicted molar refractivity (Wildman–Crippen MR) is 176 cm³/mol. The fourth-order valence-corrected chi connectivity index (χ4v) is 4.48. The van der Waals surface area contributed by atoms with Gasteiger partial charge in [0.2, 0.25) is 0 Å². The van der Waals surface area contributed by atoms with Crippen LogP contribution in [0.25, 0.3) is 12.2 Å². The molecule has 4 rings (SSSR count). The average molecular weight is 623 g/mol. The van der Waals surface area contributed by atoms with Gasteiger partial charge in [-0.25, -0.2) is 0 Å². The summed E-state index contributed by atoms with van der Waals surface area (Å²) < 4.78 is 27.0. The molecule has 0 heterocycles. The number of para-hydroxylation sites is 1. The lowest BCUT2D eigenvalue weighted by atomic mass is 10.1. The van der Waals surface area contributed by atoms with Gasteiger partial charge in [-0.1, -0.05) is 30.3 Å². The summed E-state index contributed by atoms with van der Waals surface area (Å²) in [4.78, 5) is 39.5. The van der Waals surface area contributed by atoms with Crippen LogP contribution in [0, 0.1) is 0 Å². The van der Waals surface area contributed by atoms with E-state index in [-0.39, 0.29) is 11.5 Å². The van der Waals surface area contributed by atoms with E-state index in [0.29, 0.717) is 56.7 Å². The van der Waals surface area contributed by atoms with Crippen molar-refractivity contribution < 1.29 is 38.1 Å².